The van der Waals surface area contributed by atoms with Gasteiger partial charge in [0.2, 0.25) is 0 Å². The second kappa shape index (κ2) is 7.86. The summed E-state index contributed by atoms with van der Waals surface area (Å²) in [6.45, 7) is 2.63. The number of halogens is 1. The third kappa shape index (κ3) is 3.36. The average Bonchev–Trinajstić information content (AvgIpc) is 3.36. The van der Waals surface area contributed by atoms with Crippen LogP contribution in [0.4, 0.5) is 4.39 Å². The van der Waals surface area contributed by atoms with E-state index in [1.165, 1.54) is 12.1 Å². The fourth-order valence-corrected chi connectivity index (χ4v) is 4.88. The molecule has 0 radical (unpaired) electrons. The summed E-state index contributed by atoms with van der Waals surface area (Å²) in [6.07, 6.45) is 2.67. The second-order valence-electron chi connectivity index (χ2n) is 8.52. The van der Waals surface area contributed by atoms with Gasteiger partial charge < -0.3 is 10.0 Å². The number of carboxylic acids is 1. The van der Waals surface area contributed by atoms with Crippen molar-refractivity contribution in [3.8, 4) is 11.1 Å². The molecule has 2 aliphatic heterocycles. The van der Waals surface area contributed by atoms with E-state index in [0.29, 0.717) is 47.5 Å². The largest absolute Gasteiger partial charge is 0.478 e. The Bertz CT molecular complexity index is 1220. The molecule has 3 aromatic rings. The zero-order chi connectivity index (χ0) is 22.4. The van der Waals surface area contributed by atoms with Crippen LogP contribution in [-0.2, 0) is 12.8 Å². The maximum Gasteiger partial charge on any atom is 0.338 e. The topological polar surface area (TPSA) is 70.5 Å². The van der Waals surface area contributed by atoms with Crippen molar-refractivity contribution >= 4 is 11.9 Å². The minimum absolute atomic E-state index is 0.0873. The monoisotopic (exact) mass is 430 g/mol. The number of benzene rings is 2. The van der Waals surface area contributed by atoms with Gasteiger partial charge in [-0.2, -0.15) is 0 Å². The molecule has 1 atom stereocenters. The van der Waals surface area contributed by atoms with E-state index in [4.69, 9.17) is 4.98 Å². The van der Waals surface area contributed by atoms with E-state index in [0.717, 1.165) is 24.0 Å². The van der Waals surface area contributed by atoms with Crippen molar-refractivity contribution in [2.24, 2.45) is 0 Å². The Hall–Kier alpha value is -3.54. The quantitative estimate of drug-likeness (QED) is 0.620. The number of aryl methyl sites for hydroxylation is 3. The first kappa shape index (κ1) is 20.4. The van der Waals surface area contributed by atoms with Crippen LogP contribution < -0.4 is 0 Å². The lowest BCUT2D eigenvalue weighted by Crippen LogP contribution is -2.23. The van der Waals surface area contributed by atoms with Crippen LogP contribution in [0, 0.1) is 12.7 Å². The Morgan fingerprint density at radius 1 is 1.09 bits per heavy atom. The number of carbonyl (C=O) groups is 2. The molecule has 2 aromatic carbocycles. The van der Waals surface area contributed by atoms with Gasteiger partial charge in [0.25, 0.3) is 5.91 Å². The lowest BCUT2D eigenvalue weighted by atomic mass is 9.89. The maximum absolute atomic E-state index is 13.3. The molecule has 1 saturated heterocycles. The third-order valence-corrected chi connectivity index (χ3v) is 6.46. The van der Waals surface area contributed by atoms with Crippen molar-refractivity contribution < 1.29 is 19.1 Å². The average molecular weight is 430 g/mol. The van der Waals surface area contributed by atoms with Crippen LogP contribution >= 0.6 is 0 Å². The van der Waals surface area contributed by atoms with E-state index in [9.17, 15) is 19.1 Å². The molecule has 0 saturated carbocycles. The van der Waals surface area contributed by atoms with E-state index in [1.807, 2.05) is 36.1 Å². The predicted octanol–water partition coefficient (Wildman–Crippen LogP) is 4.97. The first-order valence-electron chi connectivity index (χ1n) is 10.9. The van der Waals surface area contributed by atoms with Crippen LogP contribution in [0.15, 0.2) is 48.5 Å². The summed E-state index contributed by atoms with van der Waals surface area (Å²) in [6, 6.07) is 13.7. The molecule has 32 heavy (non-hydrogen) atoms. The highest BCUT2D eigenvalue weighted by Crippen LogP contribution is 2.45. The predicted molar refractivity (Wildman–Crippen MR) is 118 cm³/mol. The summed E-state index contributed by atoms with van der Waals surface area (Å²) in [4.78, 5) is 32.4. The molecule has 1 aromatic heterocycles. The number of carbonyl (C=O) groups excluding carboxylic acids is 1. The molecule has 3 heterocycles. The Kier molecular flexibility index (Phi) is 5.00. The SMILES string of the molecule is Cc1ccc(-c2c(C(=O)O)c(CCc3ccc(F)cc3)nc3c2C(=O)N2CCC[C@@H]32)cc1. The van der Waals surface area contributed by atoms with E-state index < -0.39 is 5.97 Å². The van der Waals surface area contributed by atoms with Gasteiger partial charge in [-0.15, -0.1) is 0 Å². The van der Waals surface area contributed by atoms with Crippen LogP contribution in [0.5, 0.6) is 0 Å². The van der Waals surface area contributed by atoms with Crippen molar-refractivity contribution in [1.29, 1.82) is 0 Å². The van der Waals surface area contributed by atoms with Crippen molar-refractivity contribution in [3.63, 3.8) is 0 Å². The van der Waals surface area contributed by atoms with Gasteiger partial charge in [-0.05, 0) is 55.9 Å². The Labute approximate surface area is 185 Å². The molecule has 0 bridgehead atoms. The number of hydrogen-bond donors (Lipinski definition) is 1. The van der Waals surface area contributed by atoms with E-state index in [-0.39, 0.29) is 23.3 Å². The van der Waals surface area contributed by atoms with E-state index in [1.54, 1.807) is 12.1 Å². The molecular formula is C26H23FN2O3. The van der Waals surface area contributed by atoms with Gasteiger partial charge >= 0.3 is 5.97 Å². The molecular weight excluding hydrogens is 407 g/mol. The van der Waals surface area contributed by atoms with Gasteiger partial charge in [-0.25, -0.2) is 9.18 Å². The van der Waals surface area contributed by atoms with Gasteiger partial charge in [0, 0.05) is 12.1 Å². The molecule has 1 fully saturated rings. The summed E-state index contributed by atoms with van der Waals surface area (Å²) in [5, 5.41) is 10.2. The second-order valence-corrected chi connectivity index (χ2v) is 8.52. The van der Waals surface area contributed by atoms with Crippen molar-refractivity contribution in [3.05, 3.63) is 88.0 Å². The molecule has 6 heteroatoms. The summed E-state index contributed by atoms with van der Waals surface area (Å²) in [5.41, 5.74) is 4.83. The number of amides is 1. The highest BCUT2D eigenvalue weighted by atomic mass is 19.1. The van der Waals surface area contributed by atoms with Gasteiger partial charge in [0.1, 0.15) is 5.82 Å². The zero-order valence-corrected chi connectivity index (χ0v) is 17.8. The number of aromatic carboxylic acids is 1. The molecule has 0 aliphatic carbocycles. The number of aromatic nitrogens is 1. The lowest BCUT2D eigenvalue weighted by molar-refractivity contribution is 0.0695. The highest BCUT2D eigenvalue weighted by Gasteiger charge is 2.44. The summed E-state index contributed by atoms with van der Waals surface area (Å²) in [7, 11) is 0. The highest BCUT2D eigenvalue weighted by molar-refractivity contribution is 6.10. The molecule has 0 spiro atoms. The van der Waals surface area contributed by atoms with Gasteiger partial charge in [-0.1, -0.05) is 42.0 Å². The van der Waals surface area contributed by atoms with Gasteiger partial charge in [0.05, 0.1) is 28.6 Å². The number of carboxylic acid groups (broad SMARTS) is 1. The molecule has 162 valence electrons. The zero-order valence-electron chi connectivity index (χ0n) is 17.8. The molecule has 1 N–H and O–H groups in total. The number of hydrogen-bond acceptors (Lipinski definition) is 3. The lowest BCUT2D eigenvalue weighted by Gasteiger charge is -2.16. The Morgan fingerprint density at radius 3 is 2.50 bits per heavy atom. The number of nitrogens with zero attached hydrogens (tertiary/aromatic N) is 2. The maximum atomic E-state index is 13.3. The van der Waals surface area contributed by atoms with E-state index >= 15 is 0 Å². The third-order valence-electron chi connectivity index (χ3n) is 6.46. The Balaban J connectivity index is 1.68. The molecule has 2 aliphatic rings. The van der Waals surface area contributed by atoms with Crippen LogP contribution in [0.1, 0.15) is 62.1 Å². The van der Waals surface area contributed by atoms with Crippen molar-refractivity contribution in [2.45, 2.75) is 38.6 Å². The molecule has 1 amide bonds. The van der Waals surface area contributed by atoms with Crippen LogP contribution in [0.3, 0.4) is 0 Å². The number of rotatable bonds is 5. The van der Waals surface area contributed by atoms with Gasteiger partial charge in [0.15, 0.2) is 0 Å². The summed E-state index contributed by atoms with van der Waals surface area (Å²) < 4.78 is 13.3. The summed E-state index contributed by atoms with van der Waals surface area (Å²) in [5.74, 6) is -1.53. The van der Waals surface area contributed by atoms with Crippen molar-refractivity contribution in [2.75, 3.05) is 6.54 Å². The van der Waals surface area contributed by atoms with Crippen molar-refractivity contribution in [1.82, 2.24) is 9.88 Å². The standard InChI is InChI=1S/C26H23FN2O3/c1-15-4-9-17(10-5-15)21-22(26(31)32)19(13-8-16-6-11-18(27)12-7-16)28-24-20-3-2-14-29(20)25(30)23(21)24/h4-7,9-12,20H,2-3,8,13-14H2,1H3,(H,31,32)/t20-/m0/s1. The number of pyridine rings is 1. The van der Waals surface area contributed by atoms with E-state index in [2.05, 4.69) is 0 Å². The fourth-order valence-electron chi connectivity index (χ4n) is 4.88. The molecule has 5 nitrogen and oxygen atoms in total. The molecule has 5 rings (SSSR count). The van der Waals surface area contributed by atoms with Crippen LogP contribution in [0.2, 0.25) is 0 Å². The fraction of sp³-hybridized carbons (Fsp3) is 0.269. The smallest absolute Gasteiger partial charge is 0.338 e. The minimum Gasteiger partial charge on any atom is -0.478 e. The first-order valence-corrected chi connectivity index (χ1v) is 10.9. The molecule has 0 unspecified atom stereocenters. The normalized spacial score (nSPS) is 16.9. The minimum atomic E-state index is -1.09. The van der Waals surface area contributed by atoms with Crippen LogP contribution in [0.25, 0.3) is 11.1 Å². The number of fused-ring (bicyclic) bond motifs is 3. The van der Waals surface area contributed by atoms with Gasteiger partial charge in [-0.3, -0.25) is 9.78 Å². The summed E-state index contributed by atoms with van der Waals surface area (Å²) >= 11 is 0. The van der Waals surface area contributed by atoms with Crippen LogP contribution in [-0.4, -0.2) is 33.4 Å². The Morgan fingerprint density at radius 2 is 1.81 bits per heavy atom. The first-order chi connectivity index (χ1) is 15.4.